The first-order valence-corrected chi connectivity index (χ1v) is 9.93. The van der Waals surface area contributed by atoms with Gasteiger partial charge in [0, 0.05) is 12.4 Å². The van der Waals surface area contributed by atoms with E-state index in [1.807, 2.05) is 0 Å². The first-order valence-electron chi connectivity index (χ1n) is 9.06. The van der Waals surface area contributed by atoms with Gasteiger partial charge in [-0.15, -0.1) is 11.8 Å². The number of aromatic nitrogens is 1. The van der Waals surface area contributed by atoms with E-state index in [1.165, 1.54) is 23.9 Å². The Balaban J connectivity index is 1.79. The van der Waals surface area contributed by atoms with E-state index in [0.29, 0.717) is 5.56 Å². The number of carbonyl (C=O) groups excluding carboxylic acids is 3. The Kier molecular flexibility index (Phi) is 6.26. The Morgan fingerprint density at radius 2 is 1.97 bits per heavy atom. The highest BCUT2D eigenvalue weighted by Crippen LogP contribution is 2.55. The fourth-order valence-electron chi connectivity index (χ4n) is 3.42. The number of amides is 1. The minimum atomic E-state index is -1.08. The molecule has 1 aromatic rings. The third kappa shape index (κ3) is 3.87. The molecule has 0 spiro atoms. The molecule has 0 radical (unpaired) electrons. The number of hydrogen-bond acceptors (Lipinski definition) is 8. The molecule has 0 aliphatic carbocycles. The number of fused-ring (bicyclic) bond motifs is 1. The molecule has 0 aromatic carbocycles. The van der Waals surface area contributed by atoms with Gasteiger partial charge in [-0.1, -0.05) is 25.3 Å². The third-order valence-electron chi connectivity index (χ3n) is 4.81. The molecule has 0 N–H and O–H groups in total. The fourth-order valence-corrected chi connectivity index (χ4v) is 5.26. The highest BCUT2D eigenvalue weighted by atomic mass is 32.2. The fraction of sp³-hybridized carbons (Fsp3) is 0.400. The number of thioether (sulfide) groups is 1. The minimum absolute atomic E-state index is 0.0226. The van der Waals surface area contributed by atoms with Crippen molar-refractivity contribution in [2.75, 3.05) is 19.8 Å². The predicted molar refractivity (Wildman–Crippen MR) is 106 cm³/mol. The summed E-state index contributed by atoms with van der Waals surface area (Å²) in [6.45, 7) is 8.93. The van der Waals surface area contributed by atoms with Gasteiger partial charge in [-0.2, -0.15) is 0 Å². The average molecular weight is 418 g/mol. The molecular formula is C20H22N2O6S. The molecule has 29 heavy (non-hydrogen) atoms. The predicted octanol–water partition coefficient (Wildman–Crippen LogP) is 2.27. The first-order chi connectivity index (χ1) is 13.9. The summed E-state index contributed by atoms with van der Waals surface area (Å²) in [5, 5.41) is -0.325. The lowest BCUT2D eigenvalue weighted by atomic mass is 9.90. The largest absolute Gasteiger partial charge is 0.508 e. The van der Waals surface area contributed by atoms with Crippen LogP contribution in [-0.2, 0) is 28.5 Å². The van der Waals surface area contributed by atoms with Crippen LogP contribution in [-0.4, -0.2) is 59.2 Å². The van der Waals surface area contributed by atoms with Crippen LogP contribution in [0.25, 0.3) is 0 Å². The van der Waals surface area contributed by atoms with Crippen molar-refractivity contribution in [2.24, 2.45) is 5.92 Å². The number of esters is 1. The van der Waals surface area contributed by atoms with Gasteiger partial charge in [-0.3, -0.25) is 14.6 Å². The summed E-state index contributed by atoms with van der Waals surface area (Å²) in [5.41, 5.74) is 0.700. The summed E-state index contributed by atoms with van der Waals surface area (Å²) in [7, 11) is 0. The smallest absolute Gasteiger partial charge is 0.460 e. The van der Waals surface area contributed by atoms with Crippen molar-refractivity contribution in [2.45, 2.75) is 23.1 Å². The van der Waals surface area contributed by atoms with Crippen LogP contribution < -0.4 is 0 Å². The van der Waals surface area contributed by atoms with Crippen molar-refractivity contribution in [1.29, 1.82) is 0 Å². The number of nitrogens with zero attached hydrogens (tertiary/aromatic N) is 2. The molecule has 0 saturated carbocycles. The summed E-state index contributed by atoms with van der Waals surface area (Å²) in [6.07, 6.45) is 4.53. The lowest BCUT2D eigenvalue weighted by molar-refractivity contribution is -0.157. The van der Waals surface area contributed by atoms with Crippen molar-refractivity contribution in [3.8, 4) is 0 Å². The van der Waals surface area contributed by atoms with Crippen molar-refractivity contribution >= 4 is 29.8 Å². The number of pyridine rings is 1. The first kappa shape index (κ1) is 20.9. The van der Waals surface area contributed by atoms with E-state index in [9.17, 15) is 14.4 Å². The van der Waals surface area contributed by atoms with E-state index in [-0.39, 0.29) is 31.0 Å². The van der Waals surface area contributed by atoms with Gasteiger partial charge in [0.25, 0.3) is 0 Å². The maximum Gasteiger partial charge on any atom is 0.508 e. The van der Waals surface area contributed by atoms with Gasteiger partial charge >= 0.3 is 12.1 Å². The highest BCUT2D eigenvalue weighted by Gasteiger charge is 2.64. The van der Waals surface area contributed by atoms with E-state index < -0.39 is 28.9 Å². The zero-order chi connectivity index (χ0) is 21.0. The normalized spacial score (nSPS) is 26.0. The maximum atomic E-state index is 13.0. The Bertz CT molecular complexity index is 816. The number of carbonyl (C=O) groups is 3. The Hall–Kier alpha value is -2.81. The lowest BCUT2D eigenvalue weighted by Crippen LogP contribution is -2.61. The molecule has 2 fully saturated rings. The molecule has 2 aliphatic heterocycles. The topological polar surface area (TPSA) is 95.0 Å². The van der Waals surface area contributed by atoms with E-state index in [1.54, 1.807) is 36.4 Å². The van der Waals surface area contributed by atoms with Gasteiger partial charge in [0.05, 0.1) is 11.9 Å². The molecule has 8 nitrogen and oxygen atoms in total. The van der Waals surface area contributed by atoms with Crippen LogP contribution in [0, 0.1) is 5.92 Å². The summed E-state index contributed by atoms with van der Waals surface area (Å²) >= 11 is 1.32. The second-order valence-corrected chi connectivity index (χ2v) is 8.04. The van der Waals surface area contributed by atoms with Crippen molar-refractivity contribution < 1.29 is 28.6 Å². The Morgan fingerprint density at radius 3 is 2.62 bits per heavy atom. The molecule has 2 aliphatic rings. The van der Waals surface area contributed by atoms with Crippen LogP contribution in [0.4, 0.5) is 4.79 Å². The minimum Gasteiger partial charge on any atom is -0.460 e. The lowest BCUT2D eigenvalue weighted by Gasteiger charge is -2.43. The third-order valence-corrected chi connectivity index (χ3v) is 6.54. The van der Waals surface area contributed by atoms with Gasteiger partial charge in [-0.25, -0.2) is 4.79 Å². The molecule has 2 saturated heterocycles. The van der Waals surface area contributed by atoms with Crippen LogP contribution >= 0.6 is 11.8 Å². The van der Waals surface area contributed by atoms with E-state index in [2.05, 4.69) is 18.1 Å². The molecular weight excluding hydrogens is 396 g/mol. The summed E-state index contributed by atoms with van der Waals surface area (Å²) < 4.78 is 14.3. The SMILES string of the molecule is C=CCOC(=O)O[C@H](C)[C@H]1C(=O)N2CC(C(=O)OCC=C)(c3ccncc3)S[C@H]12. The van der Waals surface area contributed by atoms with Crippen LogP contribution in [0.3, 0.4) is 0 Å². The Morgan fingerprint density at radius 1 is 1.31 bits per heavy atom. The summed E-state index contributed by atoms with van der Waals surface area (Å²) in [4.78, 5) is 43.0. The quantitative estimate of drug-likeness (QED) is 0.360. The second-order valence-electron chi connectivity index (χ2n) is 6.62. The second kappa shape index (κ2) is 8.69. The van der Waals surface area contributed by atoms with Gasteiger partial charge in [0.1, 0.15) is 25.2 Å². The molecule has 1 unspecified atom stereocenters. The van der Waals surface area contributed by atoms with Gasteiger partial charge < -0.3 is 19.1 Å². The molecule has 3 heterocycles. The summed E-state index contributed by atoms with van der Waals surface area (Å²) in [6, 6.07) is 3.47. The number of ether oxygens (including phenoxy) is 3. The standard InChI is InChI=1S/C20H22N2O6S/c1-4-10-26-18(24)20(14-6-8-21-9-7-14)12-22-16(23)15(17(22)29-20)13(3)28-19(25)27-11-5-2/h4-9,13,15,17H,1-2,10-12H2,3H3/t13-,15+,17-,20?/m1/s1. The van der Waals surface area contributed by atoms with Crippen LogP contribution in [0.15, 0.2) is 49.8 Å². The number of β-lactam (4-membered cyclic amide) rings is 1. The van der Waals surface area contributed by atoms with Crippen molar-refractivity contribution in [1.82, 2.24) is 9.88 Å². The van der Waals surface area contributed by atoms with Gasteiger partial charge in [0.15, 0.2) is 4.75 Å². The van der Waals surface area contributed by atoms with E-state index in [4.69, 9.17) is 14.2 Å². The highest BCUT2D eigenvalue weighted by molar-refractivity contribution is 8.02. The average Bonchev–Trinajstić information content (AvgIpc) is 3.07. The number of hydrogen-bond donors (Lipinski definition) is 0. The zero-order valence-electron chi connectivity index (χ0n) is 16.0. The van der Waals surface area contributed by atoms with Crippen molar-refractivity contribution in [3.63, 3.8) is 0 Å². The zero-order valence-corrected chi connectivity index (χ0v) is 16.8. The Labute approximate surface area is 172 Å². The molecule has 154 valence electrons. The molecule has 1 aromatic heterocycles. The van der Waals surface area contributed by atoms with Crippen molar-refractivity contribution in [3.05, 3.63) is 55.4 Å². The van der Waals surface area contributed by atoms with Gasteiger partial charge in [-0.05, 0) is 24.6 Å². The molecule has 4 atom stereocenters. The molecule has 0 bridgehead atoms. The monoisotopic (exact) mass is 418 g/mol. The van der Waals surface area contributed by atoms with E-state index in [0.717, 1.165) is 0 Å². The van der Waals surface area contributed by atoms with E-state index >= 15 is 0 Å². The molecule has 1 amide bonds. The van der Waals surface area contributed by atoms with Gasteiger partial charge in [0.2, 0.25) is 5.91 Å². The van der Waals surface area contributed by atoms with Crippen LogP contribution in [0.5, 0.6) is 0 Å². The molecule has 9 heteroatoms. The number of rotatable bonds is 8. The summed E-state index contributed by atoms with van der Waals surface area (Å²) in [5.74, 6) is -1.21. The maximum absolute atomic E-state index is 13.0. The van der Waals surface area contributed by atoms with Crippen LogP contribution in [0.1, 0.15) is 12.5 Å². The van der Waals surface area contributed by atoms with Crippen LogP contribution in [0.2, 0.25) is 0 Å². The molecule has 3 rings (SSSR count).